The largest absolute Gasteiger partial charge is 0.494 e. The average molecular weight is 415 g/mol. The minimum Gasteiger partial charge on any atom is -0.494 e. The molecular weight excluding hydrogens is 397 g/mol. The van der Waals surface area contributed by atoms with E-state index in [0.717, 1.165) is 11.6 Å². The number of amides is 1. The number of methoxy groups -OCH3 is 1. The van der Waals surface area contributed by atoms with Crippen molar-refractivity contribution in [3.8, 4) is 5.75 Å². The Morgan fingerprint density at radius 1 is 1.14 bits per heavy atom. The normalized spacial score (nSPS) is 11.0. The molecule has 1 heterocycles. The van der Waals surface area contributed by atoms with E-state index in [1.807, 2.05) is 0 Å². The molecule has 0 unspecified atom stereocenters. The van der Waals surface area contributed by atoms with Gasteiger partial charge >= 0.3 is 0 Å². The minimum atomic E-state index is -4.12. The average Bonchev–Trinajstić information content (AvgIpc) is 2.73. The number of ether oxygens (including phenoxy) is 1. The topological polar surface area (TPSA) is 97.4 Å². The first-order valence-corrected chi connectivity index (χ1v) is 10.0. The van der Waals surface area contributed by atoms with Crippen LogP contribution in [0.2, 0.25) is 0 Å². The first kappa shape index (κ1) is 20.3. The van der Waals surface area contributed by atoms with Crippen LogP contribution in [0.1, 0.15) is 15.9 Å². The SMILES string of the molecule is COc1ccc(S(=O)(=O)Nc2ccccc2C(=O)NCc2cccnc2)cc1F. The third kappa shape index (κ3) is 4.88. The van der Waals surface area contributed by atoms with Crippen molar-refractivity contribution in [2.24, 2.45) is 0 Å². The zero-order chi connectivity index (χ0) is 20.9. The predicted octanol–water partition coefficient (Wildman–Crippen LogP) is 2.96. The molecule has 9 heteroatoms. The van der Waals surface area contributed by atoms with E-state index in [1.54, 1.807) is 36.7 Å². The number of nitrogens with one attached hydrogen (secondary N) is 2. The number of hydrogen-bond donors (Lipinski definition) is 2. The predicted molar refractivity (Wildman–Crippen MR) is 106 cm³/mol. The van der Waals surface area contributed by atoms with Crippen molar-refractivity contribution in [2.75, 3.05) is 11.8 Å². The van der Waals surface area contributed by atoms with Crippen molar-refractivity contribution in [3.05, 3.63) is 83.9 Å². The summed E-state index contributed by atoms with van der Waals surface area (Å²) >= 11 is 0. The third-order valence-electron chi connectivity index (χ3n) is 4.03. The van der Waals surface area contributed by atoms with Crippen LogP contribution >= 0.6 is 0 Å². The zero-order valence-corrected chi connectivity index (χ0v) is 16.2. The van der Waals surface area contributed by atoms with Gasteiger partial charge in [0.2, 0.25) is 0 Å². The lowest BCUT2D eigenvalue weighted by Crippen LogP contribution is -2.25. The van der Waals surface area contributed by atoms with E-state index in [9.17, 15) is 17.6 Å². The van der Waals surface area contributed by atoms with E-state index >= 15 is 0 Å². The summed E-state index contributed by atoms with van der Waals surface area (Å²) in [5.41, 5.74) is 1.01. The molecule has 0 aliphatic heterocycles. The van der Waals surface area contributed by atoms with Gasteiger partial charge in [-0.25, -0.2) is 12.8 Å². The molecule has 0 aliphatic rings. The maximum Gasteiger partial charge on any atom is 0.262 e. The number of rotatable bonds is 7. The van der Waals surface area contributed by atoms with Crippen LogP contribution in [0.5, 0.6) is 5.75 Å². The molecule has 3 rings (SSSR count). The molecule has 0 aliphatic carbocycles. The zero-order valence-electron chi connectivity index (χ0n) is 15.4. The van der Waals surface area contributed by atoms with E-state index in [-0.39, 0.29) is 28.4 Å². The van der Waals surface area contributed by atoms with Gasteiger partial charge in [0, 0.05) is 18.9 Å². The Morgan fingerprint density at radius 3 is 2.62 bits per heavy atom. The molecule has 0 saturated heterocycles. The summed E-state index contributed by atoms with van der Waals surface area (Å²) in [5, 5.41) is 2.72. The van der Waals surface area contributed by atoms with Crippen molar-refractivity contribution in [1.29, 1.82) is 0 Å². The molecular formula is C20H18FN3O4S. The fourth-order valence-corrected chi connectivity index (χ4v) is 3.66. The van der Waals surface area contributed by atoms with Crippen LogP contribution in [0.25, 0.3) is 0 Å². The van der Waals surface area contributed by atoms with E-state index in [1.165, 1.54) is 31.4 Å². The van der Waals surface area contributed by atoms with Crippen LogP contribution in [-0.2, 0) is 16.6 Å². The Morgan fingerprint density at radius 2 is 1.93 bits per heavy atom. The molecule has 0 radical (unpaired) electrons. The van der Waals surface area contributed by atoms with E-state index < -0.39 is 21.7 Å². The smallest absolute Gasteiger partial charge is 0.262 e. The number of nitrogens with zero attached hydrogens (tertiary/aromatic N) is 1. The molecule has 0 fully saturated rings. The number of pyridine rings is 1. The number of carbonyl (C=O) groups is 1. The molecule has 2 N–H and O–H groups in total. The van der Waals surface area contributed by atoms with E-state index in [4.69, 9.17) is 4.74 Å². The van der Waals surface area contributed by atoms with Crippen molar-refractivity contribution in [3.63, 3.8) is 0 Å². The highest BCUT2D eigenvalue weighted by atomic mass is 32.2. The molecule has 7 nitrogen and oxygen atoms in total. The fourth-order valence-electron chi connectivity index (χ4n) is 2.57. The monoisotopic (exact) mass is 415 g/mol. The van der Waals surface area contributed by atoms with Crippen LogP contribution in [0.3, 0.4) is 0 Å². The lowest BCUT2D eigenvalue weighted by atomic mass is 10.1. The van der Waals surface area contributed by atoms with Crippen molar-refractivity contribution in [2.45, 2.75) is 11.4 Å². The molecule has 29 heavy (non-hydrogen) atoms. The molecule has 0 saturated carbocycles. The summed E-state index contributed by atoms with van der Waals surface area (Å²) in [6.07, 6.45) is 3.24. The van der Waals surface area contributed by atoms with Gasteiger partial charge in [-0.3, -0.25) is 14.5 Å². The fraction of sp³-hybridized carbons (Fsp3) is 0.100. The Labute approximate surface area is 167 Å². The van der Waals surface area contributed by atoms with Crippen LogP contribution in [0, 0.1) is 5.82 Å². The lowest BCUT2D eigenvalue weighted by Gasteiger charge is -2.13. The van der Waals surface area contributed by atoms with Crippen molar-refractivity contribution in [1.82, 2.24) is 10.3 Å². The summed E-state index contributed by atoms with van der Waals surface area (Å²) in [6.45, 7) is 0.234. The second kappa shape index (κ2) is 8.70. The highest BCUT2D eigenvalue weighted by Gasteiger charge is 2.20. The van der Waals surface area contributed by atoms with Gasteiger partial charge in [-0.05, 0) is 42.0 Å². The number of anilines is 1. The number of hydrogen-bond acceptors (Lipinski definition) is 5. The summed E-state index contributed by atoms with van der Waals surface area (Å²) in [6, 6.07) is 13.0. The highest BCUT2D eigenvalue weighted by molar-refractivity contribution is 7.92. The Kier molecular flexibility index (Phi) is 6.08. The Hall–Kier alpha value is -3.46. The number of halogens is 1. The number of carbonyl (C=O) groups excluding carboxylic acids is 1. The van der Waals surface area contributed by atoms with Crippen LogP contribution in [-0.4, -0.2) is 26.4 Å². The Bertz CT molecular complexity index is 1120. The summed E-state index contributed by atoms with van der Waals surface area (Å²) in [4.78, 5) is 16.2. The Balaban J connectivity index is 1.81. The molecule has 150 valence electrons. The van der Waals surface area contributed by atoms with Gasteiger partial charge in [0.25, 0.3) is 15.9 Å². The number of benzene rings is 2. The quantitative estimate of drug-likeness (QED) is 0.618. The molecule has 0 atom stereocenters. The number of sulfonamides is 1. The van der Waals surface area contributed by atoms with Crippen LogP contribution in [0.4, 0.5) is 10.1 Å². The van der Waals surface area contributed by atoms with Crippen molar-refractivity contribution >= 4 is 21.6 Å². The van der Waals surface area contributed by atoms with Crippen LogP contribution in [0.15, 0.2) is 71.9 Å². The van der Waals surface area contributed by atoms with Gasteiger partial charge in [-0.2, -0.15) is 0 Å². The lowest BCUT2D eigenvalue weighted by molar-refractivity contribution is 0.0952. The summed E-state index contributed by atoms with van der Waals surface area (Å²) in [5.74, 6) is -1.34. The van der Waals surface area contributed by atoms with Gasteiger partial charge in [0.05, 0.1) is 23.3 Å². The maximum atomic E-state index is 13.9. The third-order valence-corrected chi connectivity index (χ3v) is 5.39. The second-order valence-electron chi connectivity index (χ2n) is 5.99. The van der Waals surface area contributed by atoms with Crippen molar-refractivity contribution < 1.29 is 22.3 Å². The summed E-state index contributed by atoms with van der Waals surface area (Å²) < 4.78 is 46.3. The van der Waals surface area contributed by atoms with Crippen LogP contribution < -0.4 is 14.8 Å². The van der Waals surface area contributed by atoms with E-state index in [0.29, 0.717) is 0 Å². The second-order valence-corrected chi connectivity index (χ2v) is 7.67. The minimum absolute atomic E-state index is 0.0703. The van der Waals surface area contributed by atoms with Gasteiger partial charge in [-0.15, -0.1) is 0 Å². The number of aromatic nitrogens is 1. The molecule has 2 aromatic carbocycles. The van der Waals surface area contributed by atoms with Gasteiger partial charge in [0.15, 0.2) is 11.6 Å². The molecule has 3 aromatic rings. The first-order valence-electron chi connectivity index (χ1n) is 8.53. The maximum absolute atomic E-state index is 13.9. The first-order chi connectivity index (χ1) is 13.9. The molecule has 1 amide bonds. The van der Waals surface area contributed by atoms with E-state index in [2.05, 4.69) is 15.0 Å². The molecule has 0 bridgehead atoms. The number of para-hydroxylation sites is 1. The van der Waals surface area contributed by atoms with Gasteiger partial charge < -0.3 is 10.1 Å². The highest BCUT2D eigenvalue weighted by Crippen LogP contribution is 2.24. The summed E-state index contributed by atoms with van der Waals surface area (Å²) in [7, 11) is -2.84. The standard InChI is InChI=1S/C20H18FN3O4S/c1-28-19-9-8-15(11-17(19)21)29(26,27)24-18-7-3-2-6-16(18)20(25)23-13-14-5-4-10-22-12-14/h2-12,24H,13H2,1H3,(H,23,25). The van der Waals surface area contributed by atoms with Gasteiger partial charge in [0.1, 0.15) is 0 Å². The van der Waals surface area contributed by atoms with Gasteiger partial charge in [-0.1, -0.05) is 18.2 Å². The molecule has 1 aromatic heterocycles. The molecule has 0 spiro atoms.